The molecule has 1 atom stereocenters. The number of aromatic hydroxyl groups is 2. The highest BCUT2D eigenvalue weighted by atomic mass is 16.5. The molecule has 7 heteroatoms. The van der Waals surface area contributed by atoms with E-state index in [4.69, 9.17) is 19.4 Å². The second-order valence-corrected chi connectivity index (χ2v) is 12.3. The fourth-order valence-corrected chi connectivity index (χ4v) is 6.74. The molecule has 0 aliphatic heterocycles. The van der Waals surface area contributed by atoms with Gasteiger partial charge in [0.05, 0.1) is 6.61 Å². The molecule has 0 saturated heterocycles. The van der Waals surface area contributed by atoms with Gasteiger partial charge in [0.1, 0.15) is 28.9 Å². The summed E-state index contributed by atoms with van der Waals surface area (Å²) in [5, 5.41) is 29.3. The van der Waals surface area contributed by atoms with E-state index >= 15 is 0 Å². The van der Waals surface area contributed by atoms with Crippen molar-refractivity contribution in [2.75, 3.05) is 6.61 Å². The van der Waals surface area contributed by atoms with E-state index in [9.17, 15) is 10.2 Å². The zero-order valence-corrected chi connectivity index (χ0v) is 25.9. The van der Waals surface area contributed by atoms with Gasteiger partial charge < -0.3 is 19.7 Å². The first kappa shape index (κ1) is 29.1. The third kappa shape index (κ3) is 5.68. The lowest BCUT2D eigenvalue weighted by Crippen LogP contribution is -2.14. The van der Waals surface area contributed by atoms with Crippen LogP contribution in [0.25, 0.3) is 55.1 Å². The first-order valence-corrected chi connectivity index (χ1v) is 16.3. The second kappa shape index (κ2) is 12.4. The van der Waals surface area contributed by atoms with E-state index in [-0.39, 0.29) is 35.0 Å². The van der Waals surface area contributed by atoms with Gasteiger partial charge in [0.2, 0.25) is 0 Å². The minimum Gasteiger partial charge on any atom is -0.507 e. The van der Waals surface area contributed by atoms with Crippen molar-refractivity contribution >= 4 is 32.3 Å². The van der Waals surface area contributed by atoms with Crippen LogP contribution >= 0.6 is 0 Å². The summed E-state index contributed by atoms with van der Waals surface area (Å²) in [7, 11) is 0. The Morgan fingerprint density at radius 2 is 1.47 bits per heavy atom. The maximum absolute atomic E-state index is 11.2. The molecule has 5 aromatic carbocycles. The molecule has 1 aliphatic rings. The average molecular weight is 602 g/mol. The normalized spacial score (nSPS) is 14.5. The van der Waals surface area contributed by atoms with Crippen molar-refractivity contribution in [3.8, 4) is 46.0 Å². The summed E-state index contributed by atoms with van der Waals surface area (Å²) in [5.74, 6) is 1.08. The molecular weight excluding hydrogens is 562 g/mol. The first-order valence-electron chi connectivity index (χ1n) is 16.3. The Bertz CT molecular complexity index is 1930. The molecule has 2 N–H and O–H groups in total. The third-order valence-electron chi connectivity index (χ3n) is 9.28. The Morgan fingerprint density at radius 3 is 2.18 bits per heavy atom. The smallest absolute Gasteiger partial charge is 0.320 e. The Kier molecular flexibility index (Phi) is 8.01. The summed E-state index contributed by atoms with van der Waals surface area (Å²) in [6.45, 7) is 4.87. The number of unbranched alkanes of at least 4 members (excludes halogenated alkanes) is 1. The number of aromatic nitrogens is 3. The van der Waals surface area contributed by atoms with Crippen LogP contribution in [0.4, 0.5) is 0 Å². The maximum atomic E-state index is 11.2. The number of benzene rings is 5. The predicted octanol–water partition coefficient (Wildman–Crippen LogP) is 9.43. The predicted molar refractivity (Wildman–Crippen MR) is 179 cm³/mol. The van der Waals surface area contributed by atoms with Gasteiger partial charge in [0.15, 0.2) is 11.6 Å². The Hall–Kier alpha value is -4.65. The summed E-state index contributed by atoms with van der Waals surface area (Å²) in [4.78, 5) is 14.3. The average Bonchev–Trinajstić information content (AvgIpc) is 3.56. The van der Waals surface area contributed by atoms with Gasteiger partial charge in [-0.15, -0.1) is 0 Å². The highest BCUT2D eigenvalue weighted by molar-refractivity contribution is 6.25. The molecule has 1 heterocycles. The van der Waals surface area contributed by atoms with Crippen molar-refractivity contribution in [2.24, 2.45) is 5.92 Å². The molecule has 7 rings (SSSR count). The molecule has 0 bridgehead atoms. The van der Waals surface area contributed by atoms with E-state index in [1.807, 2.05) is 6.07 Å². The quantitative estimate of drug-likeness (QED) is 0.143. The van der Waals surface area contributed by atoms with E-state index < -0.39 is 0 Å². The van der Waals surface area contributed by atoms with Crippen LogP contribution in [0.2, 0.25) is 0 Å². The highest BCUT2D eigenvalue weighted by Gasteiger charge is 2.24. The fourth-order valence-electron chi connectivity index (χ4n) is 6.74. The standard InChI is InChI=1S/C38H39N3O4/c1-3-5-9-23(4-2)22-44-28-20-31(42)35(32(43)21-28)37-39-36(40-38(41-37)45-27-12-6-7-13-27)30-19-17-26-15-14-24-10-8-11-25-16-18-29(30)34(26)33(24)25/h8,10-11,14-21,23,27,42-43H,3-7,9,12-13,22H2,1-2H3. The van der Waals surface area contributed by atoms with E-state index in [1.165, 1.54) is 28.3 Å². The summed E-state index contributed by atoms with van der Waals surface area (Å²) >= 11 is 0. The molecule has 230 valence electrons. The number of rotatable bonds is 11. The van der Waals surface area contributed by atoms with Crippen LogP contribution in [0.5, 0.6) is 23.3 Å². The van der Waals surface area contributed by atoms with Crippen LogP contribution in [-0.4, -0.2) is 37.9 Å². The first-order chi connectivity index (χ1) is 22.0. The summed E-state index contributed by atoms with van der Waals surface area (Å²) in [5.41, 5.74) is 0.954. The van der Waals surface area contributed by atoms with Crippen molar-refractivity contribution in [3.63, 3.8) is 0 Å². The molecule has 0 amide bonds. The minimum absolute atomic E-state index is 0.0200. The summed E-state index contributed by atoms with van der Waals surface area (Å²) in [6.07, 6.45) is 8.49. The van der Waals surface area contributed by atoms with Gasteiger partial charge in [-0.25, -0.2) is 4.98 Å². The molecule has 1 unspecified atom stereocenters. The number of nitrogens with zero attached hydrogens (tertiary/aromatic N) is 3. The van der Waals surface area contributed by atoms with Gasteiger partial charge in [-0.1, -0.05) is 81.6 Å². The van der Waals surface area contributed by atoms with Gasteiger partial charge >= 0.3 is 6.01 Å². The van der Waals surface area contributed by atoms with Gasteiger partial charge in [-0.05, 0) is 76.4 Å². The van der Waals surface area contributed by atoms with E-state index in [0.29, 0.717) is 24.1 Å². The molecular formula is C38H39N3O4. The molecule has 6 aromatic rings. The lowest BCUT2D eigenvalue weighted by Gasteiger charge is -2.17. The molecule has 1 saturated carbocycles. The number of phenolic OH excluding ortho intramolecular Hbond substituents is 2. The van der Waals surface area contributed by atoms with Crippen molar-refractivity contribution in [1.82, 2.24) is 15.0 Å². The SMILES string of the molecule is CCCCC(CC)COc1cc(O)c(-c2nc(OC3CCCC3)nc(-c3ccc4ccc5cccc6ccc3c4c56)n2)c(O)c1. The van der Waals surface area contributed by atoms with Crippen LogP contribution in [-0.2, 0) is 0 Å². The monoisotopic (exact) mass is 601 g/mol. The zero-order chi connectivity index (χ0) is 30.9. The Labute approximate surface area is 263 Å². The third-order valence-corrected chi connectivity index (χ3v) is 9.28. The molecule has 1 fully saturated rings. The van der Waals surface area contributed by atoms with Crippen LogP contribution in [0.1, 0.15) is 65.2 Å². The van der Waals surface area contributed by atoms with Crippen molar-refractivity contribution in [3.05, 3.63) is 66.7 Å². The van der Waals surface area contributed by atoms with E-state index in [1.54, 1.807) is 0 Å². The van der Waals surface area contributed by atoms with E-state index in [2.05, 4.69) is 67.4 Å². The van der Waals surface area contributed by atoms with Gasteiger partial charge in [-0.3, -0.25) is 0 Å². The molecule has 1 aliphatic carbocycles. The number of ether oxygens (including phenoxy) is 2. The highest BCUT2D eigenvalue weighted by Crippen LogP contribution is 2.42. The number of phenols is 2. The summed E-state index contributed by atoms with van der Waals surface area (Å²) < 4.78 is 12.3. The lowest BCUT2D eigenvalue weighted by atomic mass is 9.92. The van der Waals surface area contributed by atoms with Crippen molar-refractivity contribution in [2.45, 2.75) is 71.3 Å². The number of hydrogen-bond acceptors (Lipinski definition) is 7. The topological polar surface area (TPSA) is 97.6 Å². The number of hydrogen-bond donors (Lipinski definition) is 2. The molecule has 0 spiro atoms. The molecule has 1 aromatic heterocycles. The minimum atomic E-state index is -0.161. The lowest BCUT2D eigenvalue weighted by molar-refractivity contribution is 0.192. The van der Waals surface area contributed by atoms with Gasteiger partial charge in [0, 0.05) is 17.7 Å². The molecule has 45 heavy (non-hydrogen) atoms. The Balaban J connectivity index is 1.32. The Morgan fingerprint density at radius 1 is 0.800 bits per heavy atom. The second-order valence-electron chi connectivity index (χ2n) is 12.3. The van der Waals surface area contributed by atoms with Gasteiger partial charge in [-0.2, -0.15) is 9.97 Å². The summed E-state index contributed by atoms with van der Waals surface area (Å²) in [6, 6.07) is 22.3. The van der Waals surface area contributed by atoms with Gasteiger partial charge in [0.25, 0.3) is 0 Å². The zero-order valence-electron chi connectivity index (χ0n) is 25.9. The van der Waals surface area contributed by atoms with Crippen molar-refractivity contribution in [1.29, 1.82) is 0 Å². The fraction of sp³-hybridized carbons (Fsp3) is 0.342. The van der Waals surface area contributed by atoms with Crippen LogP contribution in [0, 0.1) is 5.92 Å². The van der Waals surface area contributed by atoms with Crippen LogP contribution in [0.15, 0.2) is 66.7 Å². The van der Waals surface area contributed by atoms with Crippen molar-refractivity contribution < 1.29 is 19.7 Å². The maximum Gasteiger partial charge on any atom is 0.320 e. The van der Waals surface area contributed by atoms with E-state index in [0.717, 1.165) is 73.1 Å². The molecule has 0 radical (unpaired) electrons. The van der Waals surface area contributed by atoms with Crippen LogP contribution < -0.4 is 9.47 Å². The largest absolute Gasteiger partial charge is 0.507 e. The van der Waals surface area contributed by atoms with Crippen LogP contribution in [0.3, 0.4) is 0 Å². The molecule has 7 nitrogen and oxygen atoms in total.